The number of allylic oxidation sites excluding steroid dienone is 3. The van der Waals surface area contributed by atoms with Crippen LogP contribution in [0, 0.1) is 35.5 Å². The van der Waals surface area contributed by atoms with E-state index < -0.39 is 113 Å². The van der Waals surface area contributed by atoms with Crippen LogP contribution in [0.3, 0.4) is 0 Å². The number of carbonyl (C=O) groups is 7. The van der Waals surface area contributed by atoms with Crippen LogP contribution < -0.4 is 15.4 Å². The number of amides is 3. The van der Waals surface area contributed by atoms with Crippen molar-refractivity contribution in [1.29, 1.82) is 0 Å². The number of methoxy groups -OCH3 is 2. The molecule has 2 saturated heterocycles. The number of aromatic nitrogens is 2. The molecule has 522 valence electrons. The third-order valence-electron chi connectivity index (χ3n) is 18.5. The maximum Gasteiger partial charge on any atom is 0.434 e. The van der Waals surface area contributed by atoms with Crippen LogP contribution in [0.2, 0.25) is 5.02 Å². The number of aliphatic hydroxyl groups excluding tert-OH is 3. The van der Waals surface area contributed by atoms with Crippen LogP contribution in [0.5, 0.6) is 5.75 Å². The van der Waals surface area contributed by atoms with Crippen molar-refractivity contribution < 1.29 is 90.8 Å². The zero-order valence-electron chi connectivity index (χ0n) is 54.9. The van der Waals surface area contributed by atoms with Gasteiger partial charge in [-0.05, 0) is 168 Å². The largest absolute Gasteiger partial charge is 0.486 e. The highest BCUT2D eigenvalue weighted by Gasteiger charge is 2.57. The Kier molecular flexibility index (Phi) is 27.8. The van der Waals surface area contributed by atoms with Gasteiger partial charge >= 0.3 is 12.1 Å². The molecule has 0 spiro atoms. The third-order valence-corrected chi connectivity index (χ3v) is 19.9. The van der Waals surface area contributed by atoms with Crippen LogP contribution in [-0.2, 0) is 53.9 Å². The van der Waals surface area contributed by atoms with Gasteiger partial charge in [0.1, 0.15) is 36.4 Å². The first-order valence-corrected chi connectivity index (χ1v) is 34.0. The van der Waals surface area contributed by atoms with E-state index >= 15 is 0 Å². The third kappa shape index (κ3) is 20.2. The molecule has 0 radical (unpaired) electrons. The van der Waals surface area contributed by atoms with Crippen LogP contribution >= 0.6 is 23.4 Å². The van der Waals surface area contributed by atoms with E-state index in [1.165, 1.54) is 56.7 Å². The van der Waals surface area contributed by atoms with Crippen LogP contribution in [0.1, 0.15) is 141 Å². The topological polar surface area (TPSA) is 292 Å². The lowest BCUT2D eigenvalue weighted by molar-refractivity contribution is -0.302. The molecule has 3 fully saturated rings. The van der Waals surface area contributed by atoms with Crippen molar-refractivity contribution in [2.24, 2.45) is 35.5 Å². The Morgan fingerprint density at radius 1 is 0.916 bits per heavy atom. The normalized spacial score (nSPS) is 29.3. The summed E-state index contributed by atoms with van der Waals surface area (Å²) in [6.07, 6.45) is 0.151. The predicted octanol–water partition coefficient (Wildman–Crippen LogP) is 9.83. The monoisotopic (exact) mass is 1370 g/mol. The molecule has 4 aliphatic rings. The van der Waals surface area contributed by atoms with Gasteiger partial charge < -0.3 is 59.6 Å². The Labute approximate surface area is 561 Å². The zero-order valence-corrected chi connectivity index (χ0v) is 56.5. The number of cyclic esters (lactones) is 1. The number of anilines is 2. The van der Waals surface area contributed by atoms with Gasteiger partial charge in [-0.1, -0.05) is 56.7 Å². The molecule has 21 nitrogen and oxygen atoms in total. The first kappa shape index (κ1) is 76.1. The number of aliphatic hydroxyl groups is 4. The van der Waals surface area contributed by atoms with Crippen molar-refractivity contribution >= 4 is 75.8 Å². The Morgan fingerprint density at radius 2 is 1.60 bits per heavy atom. The number of hydrogen-bond donors (Lipinski definition) is 6. The van der Waals surface area contributed by atoms with Crippen LogP contribution in [-0.4, -0.2) is 170 Å². The van der Waals surface area contributed by atoms with Gasteiger partial charge in [0, 0.05) is 80.3 Å². The van der Waals surface area contributed by atoms with Gasteiger partial charge in [0.25, 0.3) is 17.6 Å². The number of thioether (sulfide) groups is 1. The molecule has 2 bridgehead atoms. The van der Waals surface area contributed by atoms with Crippen molar-refractivity contribution in [3.63, 3.8) is 0 Å². The van der Waals surface area contributed by atoms with Gasteiger partial charge in [-0.25, -0.2) is 9.48 Å². The molecule has 1 aliphatic carbocycles. The summed E-state index contributed by atoms with van der Waals surface area (Å²) in [5.41, 5.74) is -0.576. The van der Waals surface area contributed by atoms with E-state index in [0.717, 1.165) is 22.7 Å². The number of alkyl halides is 3. The second-order valence-electron chi connectivity index (χ2n) is 25.8. The van der Waals surface area contributed by atoms with Crippen LogP contribution in [0.15, 0.2) is 84.6 Å². The van der Waals surface area contributed by atoms with E-state index in [1.54, 1.807) is 32.5 Å². The number of rotatable bonds is 21. The number of Topliss-reactive ketones (excluding diaryl/α,β-unsaturated/α-hetero) is 3. The molecule has 1 aromatic heterocycles. The van der Waals surface area contributed by atoms with Gasteiger partial charge in [-0.15, -0.1) is 0 Å². The van der Waals surface area contributed by atoms with Crippen molar-refractivity contribution in [2.45, 2.75) is 179 Å². The van der Waals surface area contributed by atoms with E-state index in [0.29, 0.717) is 86.0 Å². The maximum atomic E-state index is 14.7. The fraction of sp³-hybridized carbons (Fsp3) is 0.594. The number of fused-ring (bicyclic) bond motifs is 3. The average molecular weight is 1370 g/mol. The van der Waals surface area contributed by atoms with Crippen LogP contribution in [0.4, 0.5) is 24.5 Å². The Balaban J connectivity index is 1.00. The molecule has 14 atom stereocenters. The lowest BCUT2D eigenvalue weighted by Gasteiger charge is -2.47. The molecule has 26 heteroatoms. The average Bonchev–Trinajstić information content (AvgIpc) is 0.969. The highest BCUT2D eigenvalue weighted by molar-refractivity contribution is 7.99. The first-order chi connectivity index (χ1) is 45.1. The van der Waals surface area contributed by atoms with E-state index in [2.05, 4.69) is 22.3 Å². The standard InChI is InChI=1S/C69H91ClF3N5O16S/c1-9-60(84)75-48-32-47(70)33-49(34-48)76-65(86)53-36-74-78(63(53)69(71,72)73)50-18-20-52(21-19-50)92-38-51(80)15-13-25-95-24-12-14-45-27-39(2)26-40(3)28-58(90-7)62-59(91-8)30-42(5)68(89,94-62)64(85)66(87)77-23-11-10-16-54(77)67(88)93-61(43(6)56(82)35-57(45)83)41(4)29-44-17-22-55(81)46(31-44)37-79/h9,18-21,27,29,32-34,36,40,42-46,54-56,58-59,61-62,79,81-82,89H,1,10-17,22-26,28,30-31,35,37-38H2,2-8H3,(H,75,84)(H,76,86)/b39-27+,41-29+/t40-,42+,43+,44-,45+,46-,54-,55+,56-,58-,59-,61+,62+,68+/m0/s1. The number of ketones is 3. The van der Waals surface area contributed by atoms with E-state index in [4.69, 9.17) is 35.3 Å². The minimum Gasteiger partial charge on any atom is -0.486 e. The molecular weight excluding hydrogens is 1280 g/mol. The summed E-state index contributed by atoms with van der Waals surface area (Å²) >= 11 is 7.73. The summed E-state index contributed by atoms with van der Waals surface area (Å²) in [6, 6.07) is 8.08. The van der Waals surface area contributed by atoms with Crippen molar-refractivity contribution in [2.75, 3.05) is 56.1 Å². The second-order valence-corrected chi connectivity index (χ2v) is 27.4. The number of esters is 1. The summed E-state index contributed by atoms with van der Waals surface area (Å²) in [6.45, 7) is 11.8. The smallest absolute Gasteiger partial charge is 0.434 e. The molecule has 4 heterocycles. The fourth-order valence-electron chi connectivity index (χ4n) is 13.3. The number of benzene rings is 2. The summed E-state index contributed by atoms with van der Waals surface area (Å²) < 4.78 is 74.5. The Bertz CT molecular complexity index is 3260. The minimum absolute atomic E-state index is 0.00445. The maximum absolute atomic E-state index is 14.7. The highest BCUT2D eigenvalue weighted by atomic mass is 35.5. The van der Waals surface area contributed by atoms with Crippen molar-refractivity contribution in [1.82, 2.24) is 14.7 Å². The van der Waals surface area contributed by atoms with E-state index in [1.807, 2.05) is 26.0 Å². The number of nitrogens with one attached hydrogen (secondary N) is 2. The molecule has 1 saturated carbocycles. The van der Waals surface area contributed by atoms with Gasteiger partial charge in [0.2, 0.25) is 11.7 Å². The summed E-state index contributed by atoms with van der Waals surface area (Å²) in [5, 5.41) is 53.8. The van der Waals surface area contributed by atoms with Crippen molar-refractivity contribution in [3.8, 4) is 11.4 Å². The number of hydrogen-bond acceptors (Lipinski definition) is 18. The fourth-order valence-corrected chi connectivity index (χ4v) is 14.4. The Morgan fingerprint density at radius 3 is 2.27 bits per heavy atom. The molecule has 3 aromatic rings. The van der Waals surface area contributed by atoms with Gasteiger partial charge in [-0.2, -0.15) is 30.0 Å². The summed E-state index contributed by atoms with van der Waals surface area (Å²) in [7, 11) is 2.98. The number of ether oxygens (including phenoxy) is 5. The highest BCUT2D eigenvalue weighted by Crippen LogP contribution is 2.41. The van der Waals surface area contributed by atoms with Crippen LogP contribution in [0.25, 0.3) is 5.69 Å². The second kappa shape index (κ2) is 34.8. The molecule has 95 heavy (non-hydrogen) atoms. The number of carbonyl (C=O) groups excluding carboxylic acids is 7. The molecular formula is C69H91ClF3N5O16S. The van der Waals surface area contributed by atoms with Gasteiger partial charge in [-0.3, -0.25) is 28.8 Å². The molecule has 3 amide bonds. The van der Waals surface area contributed by atoms with Gasteiger partial charge in [0.15, 0.2) is 11.5 Å². The SMILES string of the molecule is C=CC(=O)Nc1cc(Cl)cc(NC(=O)c2cnn(-c3ccc(OCC(=O)CCCSCCC[C@@H]4/C=C(\C)C[C@H](C)C[C@H](OC)[C@H]5O[C@@](O)(C(=O)C(=O)N6CCCC[C@H]6C(=O)O[C@H](/C(C)=C/[C@@H]6CC[C@@H](O)[C@H](CO)C6)[C@H](C)[C@@H](O)CC4=O)[C@H](C)C[C@@H]5OC)cc3)c2C(F)(F)F)c1. The zero-order chi connectivity index (χ0) is 69.5. The quantitative estimate of drug-likeness (QED) is 0.0190. The predicted molar refractivity (Wildman–Crippen MR) is 351 cm³/mol. The number of piperidine rings is 1. The Hall–Kier alpha value is -6.29. The molecule has 0 unspecified atom stereocenters. The van der Waals surface area contributed by atoms with E-state index in [-0.39, 0.29) is 103 Å². The van der Waals surface area contributed by atoms with E-state index in [9.17, 15) is 67.2 Å². The van der Waals surface area contributed by atoms with Crippen molar-refractivity contribution in [3.05, 3.63) is 101 Å². The number of halogens is 4. The minimum atomic E-state index is -5.03. The molecule has 3 aliphatic heterocycles. The van der Waals surface area contributed by atoms with Gasteiger partial charge in [0.05, 0.1) is 41.9 Å². The molecule has 6 N–H and O–H groups in total. The lowest BCUT2D eigenvalue weighted by atomic mass is 9.78. The number of nitrogens with zero attached hydrogens (tertiary/aromatic N) is 3. The molecule has 7 rings (SSSR count). The lowest BCUT2D eigenvalue weighted by Crippen LogP contribution is -2.64. The first-order valence-electron chi connectivity index (χ1n) is 32.5. The summed E-state index contributed by atoms with van der Waals surface area (Å²) in [5.74, 6) is -9.50. The summed E-state index contributed by atoms with van der Waals surface area (Å²) in [4.78, 5) is 97.4. The molecule has 2 aromatic carbocycles.